The van der Waals surface area contributed by atoms with Crippen LogP contribution in [0.25, 0.3) is 32.3 Å². The fourth-order valence-electron chi connectivity index (χ4n) is 8.82. The van der Waals surface area contributed by atoms with Gasteiger partial charge in [-0.1, -0.05) is 206 Å². The summed E-state index contributed by atoms with van der Waals surface area (Å²) in [4.78, 5) is 0. The van der Waals surface area contributed by atoms with Crippen molar-refractivity contribution in [3.05, 3.63) is 237 Å². The lowest BCUT2D eigenvalue weighted by atomic mass is 10.1. The molecule has 60 heavy (non-hydrogen) atoms. The second kappa shape index (κ2) is 15.4. The van der Waals surface area contributed by atoms with Crippen LogP contribution in [0.4, 0.5) is 0 Å². The van der Waals surface area contributed by atoms with Crippen LogP contribution in [0.2, 0.25) is 0 Å². The molecule has 3 nitrogen and oxygen atoms in total. The Labute approximate surface area is 350 Å². The summed E-state index contributed by atoms with van der Waals surface area (Å²) in [6, 6.07) is 76.6. The summed E-state index contributed by atoms with van der Waals surface area (Å²) in [5.74, 6) is 0. The molecule has 0 aliphatic rings. The molecule has 0 saturated heterocycles. The minimum absolute atomic E-state index is 0.650. The zero-order valence-corrected chi connectivity index (χ0v) is 35.3. The molecule has 0 aliphatic carbocycles. The first kappa shape index (κ1) is 37.9. The quantitative estimate of drug-likeness (QED) is 0.136. The van der Waals surface area contributed by atoms with Gasteiger partial charge in [0.05, 0.1) is 0 Å². The van der Waals surface area contributed by atoms with E-state index in [-0.39, 0.29) is 0 Å². The molecule has 0 unspecified atom stereocenters. The molecule has 288 valence electrons. The fourth-order valence-corrected chi connectivity index (χ4v) is 17.6. The van der Waals surface area contributed by atoms with E-state index in [0.717, 1.165) is 53.5 Å². The maximum atomic E-state index is 17.2. The summed E-state index contributed by atoms with van der Waals surface area (Å²) in [6.07, 6.45) is 0. The smallest absolute Gasteiger partial charge is 0.172 e. The Balaban J connectivity index is 1.29. The fraction of sp³-hybridized carbons (Fsp3) is 0. The van der Waals surface area contributed by atoms with Crippen LogP contribution >= 0.6 is 21.4 Å². The van der Waals surface area contributed by atoms with Gasteiger partial charge in [-0.3, -0.25) is 0 Å². The van der Waals surface area contributed by atoms with Gasteiger partial charge >= 0.3 is 0 Å². The molecule has 10 aromatic rings. The summed E-state index contributed by atoms with van der Waals surface area (Å²) >= 11 is 0. The minimum atomic E-state index is -3.78. The average Bonchev–Trinajstić information content (AvgIpc) is 3.33. The molecular formula is C54H39O3P3. The molecule has 6 heteroatoms. The molecular weight excluding hydrogens is 790 g/mol. The van der Waals surface area contributed by atoms with Crippen LogP contribution < -0.4 is 47.7 Å². The average molecular weight is 829 g/mol. The highest BCUT2D eigenvalue weighted by atomic mass is 31.2. The van der Waals surface area contributed by atoms with Gasteiger partial charge in [0.1, 0.15) is 0 Å². The van der Waals surface area contributed by atoms with Crippen LogP contribution in [0.15, 0.2) is 237 Å². The predicted molar refractivity (Wildman–Crippen MR) is 257 cm³/mol. The van der Waals surface area contributed by atoms with E-state index in [2.05, 4.69) is 18.2 Å². The number of hydrogen-bond donors (Lipinski definition) is 0. The molecule has 0 heterocycles. The molecule has 0 aliphatic heterocycles. The minimum Gasteiger partial charge on any atom is -0.309 e. The third-order valence-electron chi connectivity index (χ3n) is 11.7. The highest BCUT2D eigenvalue weighted by molar-refractivity contribution is 7.87. The SMILES string of the molecule is O=P(c1ccccc1)(c1ccccc1)c1ccc(P(=O)(c2ccc3ccccc3c2)c2ccc(P(=O)(c3ccccc3)c3ccccc3)c3ccccc23)c2ccccc12. The lowest BCUT2D eigenvalue weighted by Crippen LogP contribution is -2.31. The Morgan fingerprint density at radius 3 is 0.850 bits per heavy atom. The van der Waals surface area contributed by atoms with Gasteiger partial charge in [0.25, 0.3) is 0 Å². The first-order chi connectivity index (χ1) is 29.4. The van der Waals surface area contributed by atoms with Crippen molar-refractivity contribution in [1.29, 1.82) is 0 Å². The van der Waals surface area contributed by atoms with Crippen LogP contribution in [0, 0.1) is 0 Å². The van der Waals surface area contributed by atoms with Gasteiger partial charge in [0.15, 0.2) is 21.4 Å². The molecule has 0 saturated carbocycles. The second-order valence-electron chi connectivity index (χ2n) is 15.0. The van der Waals surface area contributed by atoms with Crippen LogP contribution in [0.3, 0.4) is 0 Å². The molecule has 0 atom stereocenters. The van der Waals surface area contributed by atoms with Crippen LogP contribution in [0.1, 0.15) is 0 Å². The monoisotopic (exact) mass is 828 g/mol. The molecule has 10 aromatic carbocycles. The number of hydrogen-bond acceptors (Lipinski definition) is 3. The Hall–Kier alpha value is -6.33. The highest BCUT2D eigenvalue weighted by Crippen LogP contribution is 2.51. The van der Waals surface area contributed by atoms with Gasteiger partial charge in [0.2, 0.25) is 0 Å². The summed E-state index contributed by atoms with van der Waals surface area (Å²) < 4.78 is 49.0. The molecule has 0 radical (unpaired) electrons. The van der Waals surface area contributed by atoms with Crippen molar-refractivity contribution in [3.8, 4) is 0 Å². The van der Waals surface area contributed by atoms with Crippen molar-refractivity contribution < 1.29 is 13.7 Å². The molecule has 10 rings (SSSR count). The van der Waals surface area contributed by atoms with Gasteiger partial charge in [-0.15, -0.1) is 0 Å². The summed E-state index contributed by atoms with van der Waals surface area (Å²) in [6.45, 7) is 0. The zero-order valence-electron chi connectivity index (χ0n) is 32.6. The Kier molecular flexibility index (Phi) is 9.71. The maximum absolute atomic E-state index is 17.2. The third kappa shape index (κ3) is 6.08. The standard InChI is InChI=1S/C54H39O3P3/c55-58(42-21-5-1-6-22-42,43-23-7-2-8-24-43)51-35-37-53(49-31-17-15-29-47(49)51)60(57,46-34-33-40-19-13-14-20-41(40)39-46)54-38-36-52(48-30-16-18-32-50(48)54)59(56,44-25-9-3-10-26-44)45-27-11-4-12-28-45/h1-39H. The molecule has 0 fully saturated rings. The van der Waals surface area contributed by atoms with Crippen LogP contribution in [0.5, 0.6) is 0 Å². The van der Waals surface area contributed by atoms with Crippen molar-refractivity contribution in [2.75, 3.05) is 0 Å². The molecule has 0 spiro atoms. The van der Waals surface area contributed by atoms with E-state index in [1.54, 1.807) is 0 Å². The summed E-state index contributed by atoms with van der Waals surface area (Å²) in [5, 5.41) is 11.4. The summed E-state index contributed by atoms with van der Waals surface area (Å²) in [7, 11) is -10.6. The molecule has 0 bridgehead atoms. The zero-order chi connectivity index (χ0) is 40.7. The van der Waals surface area contributed by atoms with Gasteiger partial charge in [-0.05, 0) is 62.6 Å². The topological polar surface area (TPSA) is 51.2 Å². The van der Waals surface area contributed by atoms with Crippen molar-refractivity contribution in [2.45, 2.75) is 0 Å². The lowest BCUT2D eigenvalue weighted by molar-refractivity contribution is 0.591. The number of benzene rings is 10. The van der Waals surface area contributed by atoms with Gasteiger partial charge in [-0.2, -0.15) is 0 Å². The van der Waals surface area contributed by atoms with Crippen molar-refractivity contribution in [3.63, 3.8) is 0 Å². The predicted octanol–water partition coefficient (Wildman–Crippen LogP) is 10.1. The molecule has 0 N–H and O–H groups in total. The lowest BCUT2D eigenvalue weighted by Gasteiger charge is -2.28. The van der Waals surface area contributed by atoms with E-state index < -0.39 is 21.4 Å². The highest BCUT2D eigenvalue weighted by Gasteiger charge is 2.39. The summed E-state index contributed by atoms with van der Waals surface area (Å²) in [5.41, 5.74) is 0. The van der Waals surface area contributed by atoms with Crippen molar-refractivity contribution >= 4 is 101 Å². The first-order valence-corrected chi connectivity index (χ1v) is 25.1. The van der Waals surface area contributed by atoms with E-state index in [0.29, 0.717) is 26.5 Å². The van der Waals surface area contributed by atoms with E-state index in [1.165, 1.54) is 0 Å². The Bertz CT molecular complexity index is 3080. The van der Waals surface area contributed by atoms with E-state index >= 15 is 13.7 Å². The Morgan fingerprint density at radius 2 is 0.500 bits per heavy atom. The van der Waals surface area contributed by atoms with Crippen LogP contribution in [-0.2, 0) is 13.7 Å². The number of fused-ring (bicyclic) bond motifs is 3. The molecule has 0 aromatic heterocycles. The van der Waals surface area contributed by atoms with Crippen LogP contribution in [-0.4, -0.2) is 0 Å². The number of rotatable bonds is 9. The van der Waals surface area contributed by atoms with Crippen molar-refractivity contribution in [1.82, 2.24) is 0 Å². The third-order valence-corrected chi connectivity index (χ3v) is 21.1. The van der Waals surface area contributed by atoms with E-state index in [4.69, 9.17) is 0 Å². The maximum Gasteiger partial charge on any atom is 0.172 e. The normalized spacial score (nSPS) is 12.2. The van der Waals surface area contributed by atoms with E-state index in [9.17, 15) is 0 Å². The molecule has 0 amide bonds. The van der Waals surface area contributed by atoms with Crippen molar-refractivity contribution in [2.24, 2.45) is 0 Å². The van der Waals surface area contributed by atoms with E-state index in [1.807, 2.05) is 218 Å². The first-order valence-electron chi connectivity index (χ1n) is 20.0. The van der Waals surface area contributed by atoms with Gasteiger partial charge in [-0.25, -0.2) is 0 Å². The van der Waals surface area contributed by atoms with Gasteiger partial charge in [0, 0.05) is 47.7 Å². The second-order valence-corrected chi connectivity index (χ2v) is 23.2. The Morgan fingerprint density at radius 1 is 0.217 bits per heavy atom. The largest absolute Gasteiger partial charge is 0.309 e. The van der Waals surface area contributed by atoms with Gasteiger partial charge < -0.3 is 13.7 Å².